The first-order valence-corrected chi connectivity index (χ1v) is 11.7. The number of hydrogen-bond donors (Lipinski definition) is 0. The predicted octanol–water partition coefficient (Wildman–Crippen LogP) is 6.61. The van der Waals surface area contributed by atoms with Gasteiger partial charge in [-0.05, 0) is 37.1 Å². The molecule has 0 atom stereocenters. The van der Waals surface area contributed by atoms with Crippen molar-refractivity contribution in [3.05, 3.63) is 82.9 Å². The number of rotatable bonds is 8. The molecule has 0 fully saturated rings. The quantitative estimate of drug-likeness (QED) is 0.289. The minimum atomic E-state index is -1.09. The maximum absolute atomic E-state index is 13.5. The number of fused-ring (bicyclic) bond motifs is 6. The highest BCUT2D eigenvalue weighted by atomic mass is 16.6. The molecule has 3 aromatic rings. The molecule has 2 aliphatic rings. The number of carbonyl (C=O) groups excluding carboxylic acids is 1. The van der Waals surface area contributed by atoms with Gasteiger partial charge in [-0.2, -0.15) is 0 Å². The van der Waals surface area contributed by atoms with Gasteiger partial charge < -0.3 is 18.9 Å². The topological polar surface area (TPSA) is 54.0 Å². The monoisotopic (exact) mass is 444 g/mol. The molecule has 5 heteroatoms. The summed E-state index contributed by atoms with van der Waals surface area (Å²) in [6.45, 7) is 5.30. The average Bonchev–Trinajstić information content (AvgIpc) is 3.13. The van der Waals surface area contributed by atoms with Crippen molar-refractivity contribution < 1.29 is 23.7 Å². The van der Waals surface area contributed by atoms with Crippen molar-refractivity contribution in [3.8, 4) is 23.0 Å². The van der Waals surface area contributed by atoms with E-state index in [0.29, 0.717) is 41.8 Å². The summed E-state index contributed by atoms with van der Waals surface area (Å²) in [5, 5.41) is 0. The van der Waals surface area contributed by atoms with Gasteiger partial charge in [-0.25, -0.2) is 4.79 Å². The molecule has 170 valence electrons. The number of carbonyl (C=O) groups is 1. The van der Waals surface area contributed by atoms with E-state index in [1.54, 1.807) is 0 Å². The lowest BCUT2D eigenvalue weighted by Gasteiger charge is -2.36. The van der Waals surface area contributed by atoms with Crippen LogP contribution in [0.3, 0.4) is 0 Å². The normalized spacial score (nSPS) is 14.7. The van der Waals surface area contributed by atoms with Crippen LogP contribution in [0.4, 0.5) is 0 Å². The number of ether oxygens (including phenoxy) is 4. The smallest absolute Gasteiger partial charge is 0.344 e. The van der Waals surface area contributed by atoms with Crippen molar-refractivity contribution in [2.45, 2.75) is 45.1 Å². The highest BCUT2D eigenvalue weighted by molar-refractivity contribution is 6.00. The van der Waals surface area contributed by atoms with E-state index in [4.69, 9.17) is 18.9 Å². The molecule has 0 radical (unpaired) electrons. The average molecular weight is 445 g/mol. The van der Waals surface area contributed by atoms with Crippen LogP contribution in [0.2, 0.25) is 0 Å². The van der Waals surface area contributed by atoms with E-state index in [9.17, 15) is 4.79 Å². The fourth-order valence-corrected chi connectivity index (χ4v) is 4.56. The zero-order valence-corrected chi connectivity index (χ0v) is 19.1. The molecule has 0 aromatic heterocycles. The summed E-state index contributed by atoms with van der Waals surface area (Å²) >= 11 is 0. The molecule has 0 N–H and O–H groups in total. The van der Waals surface area contributed by atoms with Gasteiger partial charge in [0, 0.05) is 16.7 Å². The first-order valence-electron chi connectivity index (χ1n) is 11.7. The second kappa shape index (κ2) is 8.81. The van der Waals surface area contributed by atoms with E-state index in [1.807, 2.05) is 60.7 Å². The lowest BCUT2D eigenvalue weighted by atomic mass is 9.77. The zero-order chi connectivity index (χ0) is 22.8. The van der Waals surface area contributed by atoms with E-state index in [0.717, 1.165) is 42.4 Å². The molecule has 3 aromatic carbocycles. The van der Waals surface area contributed by atoms with Gasteiger partial charge in [-0.3, -0.25) is 0 Å². The van der Waals surface area contributed by atoms with Crippen molar-refractivity contribution in [3.63, 3.8) is 0 Å². The number of esters is 1. The third-order valence-corrected chi connectivity index (χ3v) is 6.20. The van der Waals surface area contributed by atoms with Crippen LogP contribution in [-0.2, 0) is 10.3 Å². The summed E-state index contributed by atoms with van der Waals surface area (Å²) in [5.74, 6) is 1.99. The fraction of sp³-hybridized carbons (Fsp3) is 0.321. The van der Waals surface area contributed by atoms with Crippen molar-refractivity contribution >= 4 is 5.97 Å². The molecule has 0 aliphatic carbocycles. The lowest BCUT2D eigenvalue weighted by molar-refractivity contribution is 0.0223. The van der Waals surface area contributed by atoms with Crippen molar-refractivity contribution in [2.75, 3.05) is 13.2 Å². The van der Waals surface area contributed by atoms with Crippen molar-refractivity contribution in [1.82, 2.24) is 0 Å². The third-order valence-electron chi connectivity index (χ3n) is 6.20. The molecule has 0 bridgehead atoms. The molecule has 2 heterocycles. The number of para-hydroxylation sites is 2. The summed E-state index contributed by atoms with van der Waals surface area (Å²) < 4.78 is 24.7. The SMILES string of the molecule is CCCCOc1ccc2c(c1OCCCC)C(=O)OC21c2ccccc2Oc2ccccc21. The molecular weight excluding hydrogens is 416 g/mol. The molecule has 0 saturated heterocycles. The maximum Gasteiger partial charge on any atom is 0.344 e. The highest BCUT2D eigenvalue weighted by Gasteiger charge is 2.54. The second-order valence-electron chi connectivity index (χ2n) is 8.38. The first-order chi connectivity index (χ1) is 16.2. The van der Waals surface area contributed by atoms with Crippen LogP contribution < -0.4 is 14.2 Å². The van der Waals surface area contributed by atoms with Gasteiger partial charge in [0.15, 0.2) is 17.1 Å². The summed E-state index contributed by atoms with van der Waals surface area (Å²) in [6, 6.07) is 19.3. The fourth-order valence-electron chi connectivity index (χ4n) is 4.56. The molecule has 2 aliphatic heterocycles. The van der Waals surface area contributed by atoms with Crippen LogP contribution >= 0.6 is 0 Å². The maximum atomic E-state index is 13.5. The number of benzene rings is 3. The van der Waals surface area contributed by atoms with Gasteiger partial charge >= 0.3 is 5.97 Å². The van der Waals surface area contributed by atoms with Crippen LogP contribution in [0.25, 0.3) is 0 Å². The molecule has 1 spiro atoms. The van der Waals surface area contributed by atoms with Crippen molar-refractivity contribution in [2.24, 2.45) is 0 Å². The lowest BCUT2D eigenvalue weighted by Crippen LogP contribution is -2.32. The Balaban J connectivity index is 1.71. The molecule has 0 amide bonds. The van der Waals surface area contributed by atoms with Gasteiger partial charge in [0.05, 0.1) is 13.2 Å². The van der Waals surface area contributed by atoms with Gasteiger partial charge in [0.25, 0.3) is 0 Å². The zero-order valence-electron chi connectivity index (χ0n) is 19.1. The summed E-state index contributed by atoms with van der Waals surface area (Å²) in [7, 11) is 0. The van der Waals surface area contributed by atoms with E-state index in [2.05, 4.69) is 13.8 Å². The Morgan fingerprint density at radius 3 is 2.00 bits per heavy atom. The largest absolute Gasteiger partial charge is 0.490 e. The first kappa shape index (κ1) is 21.4. The Kier molecular flexibility index (Phi) is 5.71. The summed E-state index contributed by atoms with van der Waals surface area (Å²) in [5.41, 5.74) is 1.70. The highest BCUT2D eigenvalue weighted by Crippen LogP contribution is 2.58. The van der Waals surface area contributed by atoms with Crippen molar-refractivity contribution in [1.29, 1.82) is 0 Å². The van der Waals surface area contributed by atoms with Gasteiger partial charge in [0.2, 0.25) is 0 Å². The van der Waals surface area contributed by atoms with Gasteiger partial charge in [0.1, 0.15) is 17.1 Å². The van der Waals surface area contributed by atoms with Crippen LogP contribution in [0.1, 0.15) is 66.6 Å². The molecular formula is C28H28O5. The van der Waals surface area contributed by atoms with Gasteiger partial charge in [-0.15, -0.1) is 0 Å². The van der Waals surface area contributed by atoms with Crippen LogP contribution in [0, 0.1) is 0 Å². The summed E-state index contributed by atoms with van der Waals surface area (Å²) in [4.78, 5) is 13.5. The Labute approximate surface area is 194 Å². The Hall–Kier alpha value is -3.47. The van der Waals surface area contributed by atoms with E-state index >= 15 is 0 Å². The molecule has 5 nitrogen and oxygen atoms in total. The Morgan fingerprint density at radius 1 is 0.758 bits per heavy atom. The predicted molar refractivity (Wildman–Crippen MR) is 126 cm³/mol. The standard InChI is InChI=1S/C28H28O5/c1-3-5-17-30-24-16-15-21-25(26(24)31-18-6-4-2)27(29)33-28(21)19-11-7-9-13-22(19)32-23-14-10-8-12-20(23)28/h7-16H,3-6,17-18H2,1-2H3. The van der Waals surface area contributed by atoms with Crippen LogP contribution in [-0.4, -0.2) is 19.2 Å². The molecule has 5 rings (SSSR count). The minimum Gasteiger partial charge on any atom is -0.490 e. The molecule has 0 unspecified atom stereocenters. The van der Waals surface area contributed by atoms with Crippen LogP contribution in [0.5, 0.6) is 23.0 Å². The van der Waals surface area contributed by atoms with E-state index < -0.39 is 11.6 Å². The summed E-state index contributed by atoms with van der Waals surface area (Å²) in [6.07, 6.45) is 3.83. The Morgan fingerprint density at radius 2 is 1.36 bits per heavy atom. The van der Waals surface area contributed by atoms with E-state index in [1.165, 1.54) is 0 Å². The minimum absolute atomic E-state index is 0.413. The number of unbranched alkanes of at least 4 members (excludes halogenated alkanes) is 2. The van der Waals surface area contributed by atoms with Crippen LogP contribution in [0.15, 0.2) is 60.7 Å². The van der Waals surface area contributed by atoms with E-state index in [-0.39, 0.29) is 0 Å². The Bertz CT molecular complexity index is 1140. The number of hydrogen-bond acceptors (Lipinski definition) is 5. The molecule has 33 heavy (non-hydrogen) atoms. The van der Waals surface area contributed by atoms with Gasteiger partial charge in [-0.1, -0.05) is 63.1 Å². The molecule has 0 saturated carbocycles. The second-order valence-corrected chi connectivity index (χ2v) is 8.38. The third kappa shape index (κ3) is 3.43.